The Morgan fingerprint density at radius 1 is 1.42 bits per heavy atom. The summed E-state index contributed by atoms with van der Waals surface area (Å²) in [5.41, 5.74) is 2.34. The third kappa shape index (κ3) is 3.77. The van der Waals surface area contributed by atoms with Crippen LogP contribution in [0.5, 0.6) is 0 Å². The van der Waals surface area contributed by atoms with Crippen LogP contribution in [0.3, 0.4) is 0 Å². The van der Waals surface area contributed by atoms with Gasteiger partial charge in [0.05, 0.1) is 0 Å². The zero-order valence-electron chi connectivity index (χ0n) is 12.2. The number of nitrogens with zero attached hydrogens (tertiary/aromatic N) is 1. The number of halogens is 1. The summed E-state index contributed by atoms with van der Waals surface area (Å²) in [4.78, 5) is 2.53. The second kappa shape index (κ2) is 6.49. The van der Waals surface area contributed by atoms with Gasteiger partial charge in [-0.3, -0.25) is 0 Å². The molecule has 0 saturated carbocycles. The summed E-state index contributed by atoms with van der Waals surface area (Å²) in [7, 11) is 2.05. The van der Waals surface area contributed by atoms with E-state index < -0.39 is 0 Å². The first-order chi connectivity index (χ1) is 9.10. The maximum absolute atomic E-state index is 13.1. The molecule has 0 aromatic heterocycles. The van der Waals surface area contributed by atoms with Crippen molar-refractivity contribution in [2.75, 3.05) is 26.7 Å². The molecule has 1 aromatic rings. The molecule has 1 saturated heterocycles. The minimum absolute atomic E-state index is 0.135. The molecule has 2 atom stereocenters. The number of piperidine rings is 1. The molecule has 1 aliphatic heterocycles. The Morgan fingerprint density at radius 3 is 2.84 bits per heavy atom. The van der Waals surface area contributed by atoms with E-state index in [4.69, 9.17) is 0 Å². The second-order valence-corrected chi connectivity index (χ2v) is 5.78. The van der Waals surface area contributed by atoms with Crippen molar-refractivity contribution in [2.24, 2.45) is 5.92 Å². The van der Waals surface area contributed by atoms with Gasteiger partial charge in [-0.2, -0.15) is 0 Å². The highest BCUT2D eigenvalue weighted by Gasteiger charge is 2.24. The highest BCUT2D eigenvalue weighted by Crippen LogP contribution is 2.18. The van der Waals surface area contributed by atoms with Gasteiger partial charge in [0, 0.05) is 19.1 Å². The summed E-state index contributed by atoms with van der Waals surface area (Å²) in [5, 5.41) is 3.40. The van der Waals surface area contributed by atoms with Gasteiger partial charge in [0.25, 0.3) is 0 Å². The van der Waals surface area contributed by atoms with E-state index in [1.807, 2.05) is 13.0 Å². The predicted molar refractivity (Wildman–Crippen MR) is 77.9 cm³/mol. The monoisotopic (exact) mass is 264 g/mol. The van der Waals surface area contributed by atoms with Crippen LogP contribution in [-0.2, 0) is 6.42 Å². The molecule has 0 spiro atoms. The van der Waals surface area contributed by atoms with E-state index in [2.05, 4.69) is 24.2 Å². The molecule has 19 heavy (non-hydrogen) atoms. The van der Waals surface area contributed by atoms with Gasteiger partial charge in [-0.05, 0) is 62.5 Å². The normalized spacial score (nSPS) is 24.6. The zero-order chi connectivity index (χ0) is 13.8. The summed E-state index contributed by atoms with van der Waals surface area (Å²) >= 11 is 0. The molecule has 106 valence electrons. The van der Waals surface area contributed by atoms with Crippen molar-refractivity contribution in [3.05, 3.63) is 35.1 Å². The van der Waals surface area contributed by atoms with E-state index in [0.29, 0.717) is 12.0 Å². The molecule has 1 N–H and O–H groups in total. The molecule has 0 bridgehead atoms. The van der Waals surface area contributed by atoms with Gasteiger partial charge >= 0.3 is 0 Å². The molecule has 1 aliphatic rings. The fraction of sp³-hybridized carbons (Fsp3) is 0.625. The van der Waals surface area contributed by atoms with Gasteiger partial charge < -0.3 is 10.2 Å². The second-order valence-electron chi connectivity index (χ2n) is 5.78. The highest BCUT2D eigenvalue weighted by molar-refractivity contribution is 5.26. The lowest BCUT2D eigenvalue weighted by Gasteiger charge is -2.36. The SMILES string of the molecule is CNC1CCN(CCc2ccc(F)cc2C)CC1C. The van der Waals surface area contributed by atoms with Gasteiger partial charge in [-0.1, -0.05) is 13.0 Å². The predicted octanol–water partition coefficient (Wildman–Crippen LogP) is 2.61. The van der Waals surface area contributed by atoms with Crippen molar-refractivity contribution in [3.8, 4) is 0 Å². The molecule has 2 rings (SSSR count). The van der Waals surface area contributed by atoms with E-state index >= 15 is 0 Å². The molecule has 0 amide bonds. The Morgan fingerprint density at radius 2 is 2.21 bits per heavy atom. The van der Waals surface area contributed by atoms with E-state index in [-0.39, 0.29) is 5.82 Å². The van der Waals surface area contributed by atoms with Crippen LogP contribution in [0.25, 0.3) is 0 Å². The lowest BCUT2D eigenvalue weighted by atomic mass is 9.93. The zero-order valence-corrected chi connectivity index (χ0v) is 12.2. The van der Waals surface area contributed by atoms with Gasteiger partial charge in [-0.25, -0.2) is 4.39 Å². The van der Waals surface area contributed by atoms with Crippen LogP contribution in [0.15, 0.2) is 18.2 Å². The Kier molecular flexibility index (Phi) is 4.94. The van der Waals surface area contributed by atoms with Crippen LogP contribution in [0.4, 0.5) is 4.39 Å². The number of hydrogen-bond donors (Lipinski definition) is 1. The summed E-state index contributed by atoms with van der Waals surface area (Å²) in [6.07, 6.45) is 2.24. The van der Waals surface area contributed by atoms with E-state index in [9.17, 15) is 4.39 Å². The van der Waals surface area contributed by atoms with Crippen molar-refractivity contribution in [2.45, 2.75) is 32.7 Å². The maximum Gasteiger partial charge on any atom is 0.123 e. The van der Waals surface area contributed by atoms with Gasteiger partial charge in [-0.15, -0.1) is 0 Å². The molecule has 1 aromatic carbocycles. The van der Waals surface area contributed by atoms with Crippen molar-refractivity contribution in [1.29, 1.82) is 0 Å². The molecular formula is C16H25FN2. The third-order valence-corrected chi connectivity index (χ3v) is 4.36. The molecule has 2 nitrogen and oxygen atoms in total. The number of aryl methyl sites for hydroxylation is 1. The molecular weight excluding hydrogens is 239 g/mol. The average Bonchev–Trinajstić information content (AvgIpc) is 2.38. The minimum Gasteiger partial charge on any atom is -0.317 e. The van der Waals surface area contributed by atoms with Crippen molar-refractivity contribution in [3.63, 3.8) is 0 Å². The van der Waals surface area contributed by atoms with Crippen LogP contribution >= 0.6 is 0 Å². The Balaban J connectivity index is 1.86. The first-order valence-corrected chi connectivity index (χ1v) is 7.25. The van der Waals surface area contributed by atoms with Crippen molar-refractivity contribution in [1.82, 2.24) is 10.2 Å². The molecule has 0 radical (unpaired) electrons. The summed E-state index contributed by atoms with van der Waals surface area (Å²) < 4.78 is 13.1. The topological polar surface area (TPSA) is 15.3 Å². The molecule has 1 fully saturated rings. The average molecular weight is 264 g/mol. The van der Waals surface area contributed by atoms with Crippen LogP contribution in [0, 0.1) is 18.7 Å². The maximum atomic E-state index is 13.1. The smallest absolute Gasteiger partial charge is 0.123 e. The Hall–Kier alpha value is -0.930. The minimum atomic E-state index is -0.135. The Bertz CT molecular complexity index is 419. The molecule has 0 aliphatic carbocycles. The van der Waals surface area contributed by atoms with Crippen molar-refractivity contribution >= 4 is 0 Å². The highest BCUT2D eigenvalue weighted by atomic mass is 19.1. The van der Waals surface area contributed by atoms with Gasteiger partial charge in [0.1, 0.15) is 5.82 Å². The lowest BCUT2D eigenvalue weighted by Crippen LogP contribution is -2.47. The Labute approximate surface area is 116 Å². The molecule has 3 heteroatoms. The summed E-state index contributed by atoms with van der Waals surface area (Å²) in [6, 6.07) is 5.78. The number of benzene rings is 1. The van der Waals surface area contributed by atoms with Crippen LogP contribution < -0.4 is 5.32 Å². The molecule has 1 heterocycles. The van der Waals surface area contributed by atoms with E-state index in [0.717, 1.165) is 31.6 Å². The lowest BCUT2D eigenvalue weighted by molar-refractivity contribution is 0.153. The van der Waals surface area contributed by atoms with Gasteiger partial charge in [0.2, 0.25) is 0 Å². The standard InChI is InChI=1S/C16H25FN2/c1-12-10-15(17)5-4-14(12)6-8-19-9-7-16(18-3)13(2)11-19/h4-5,10,13,16,18H,6-9,11H2,1-3H3. The largest absolute Gasteiger partial charge is 0.317 e. The third-order valence-electron chi connectivity index (χ3n) is 4.36. The fourth-order valence-corrected chi connectivity index (χ4v) is 3.08. The number of rotatable bonds is 4. The molecule has 2 unspecified atom stereocenters. The van der Waals surface area contributed by atoms with Gasteiger partial charge in [0.15, 0.2) is 0 Å². The van der Waals surface area contributed by atoms with E-state index in [1.165, 1.54) is 12.0 Å². The quantitative estimate of drug-likeness (QED) is 0.899. The van der Waals surface area contributed by atoms with Crippen LogP contribution in [-0.4, -0.2) is 37.6 Å². The number of hydrogen-bond acceptors (Lipinski definition) is 2. The number of likely N-dealkylation sites (tertiary alicyclic amines) is 1. The first kappa shape index (κ1) is 14.5. The number of nitrogens with one attached hydrogen (secondary N) is 1. The van der Waals surface area contributed by atoms with Crippen LogP contribution in [0.2, 0.25) is 0 Å². The summed E-state index contributed by atoms with van der Waals surface area (Å²) in [5.74, 6) is 0.567. The van der Waals surface area contributed by atoms with E-state index in [1.54, 1.807) is 12.1 Å². The summed E-state index contributed by atoms with van der Waals surface area (Å²) in [6.45, 7) is 7.71. The first-order valence-electron chi connectivity index (χ1n) is 7.25. The fourth-order valence-electron chi connectivity index (χ4n) is 3.08. The van der Waals surface area contributed by atoms with Crippen molar-refractivity contribution < 1.29 is 4.39 Å². The van der Waals surface area contributed by atoms with Crippen LogP contribution in [0.1, 0.15) is 24.5 Å².